The largest absolute Gasteiger partial charge is 0.388 e. The van der Waals surface area contributed by atoms with Gasteiger partial charge in [0.1, 0.15) is 0 Å². The van der Waals surface area contributed by atoms with Gasteiger partial charge in [-0.05, 0) is 25.0 Å². The molecule has 1 atom stereocenters. The molecule has 16 heavy (non-hydrogen) atoms. The Morgan fingerprint density at radius 3 is 2.62 bits per heavy atom. The smallest absolute Gasteiger partial charge is 0.0807 e. The number of aryl methyl sites for hydroxylation is 2. The van der Waals surface area contributed by atoms with Gasteiger partial charge in [-0.15, -0.1) is 0 Å². The molecule has 1 N–H and O–H groups in total. The van der Waals surface area contributed by atoms with Gasteiger partial charge in [-0.3, -0.25) is 4.68 Å². The van der Waals surface area contributed by atoms with Crippen molar-refractivity contribution in [2.75, 3.05) is 0 Å². The molecule has 0 amide bonds. The van der Waals surface area contributed by atoms with Crippen LogP contribution in [0.25, 0.3) is 0 Å². The van der Waals surface area contributed by atoms with Crippen LogP contribution in [0.2, 0.25) is 0 Å². The average Bonchev–Trinajstić information content (AvgIpc) is 2.73. The van der Waals surface area contributed by atoms with Gasteiger partial charge >= 0.3 is 0 Å². The summed E-state index contributed by atoms with van der Waals surface area (Å²) in [6.45, 7) is 2.70. The third kappa shape index (κ3) is 2.70. The molecule has 84 valence electrons. The van der Waals surface area contributed by atoms with Gasteiger partial charge in [0.15, 0.2) is 0 Å². The SMILES string of the molecule is Cc1ccn(CCC(O)c2ccccc2)n1. The molecule has 0 spiro atoms. The van der Waals surface area contributed by atoms with E-state index in [4.69, 9.17) is 0 Å². The van der Waals surface area contributed by atoms with Crippen LogP contribution in [0.15, 0.2) is 42.6 Å². The number of aromatic nitrogens is 2. The van der Waals surface area contributed by atoms with E-state index in [0.29, 0.717) is 6.42 Å². The van der Waals surface area contributed by atoms with Crippen LogP contribution in [0.3, 0.4) is 0 Å². The first-order valence-electron chi connectivity index (χ1n) is 5.49. The maximum absolute atomic E-state index is 9.95. The zero-order valence-corrected chi connectivity index (χ0v) is 9.37. The van der Waals surface area contributed by atoms with Crippen LogP contribution >= 0.6 is 0 Å². The lowest BCUT2D eigenvalue weighted by molar-refractivity contribution is 0.159. The van der Waals surface area contributed by atoms with Crippen LogP contribution in [-0.2, 0) is 6.54 Å². The monoisotopic (exact) mass is 216 g/mol. The highest BCUT2D eigenvalue weighted by atomic mass is 16.3. The van der Waals surface area contributed by atoms with E-state index >= 15 is 0 Å². The van der Waals surface area contributed by atoms with E-state index in [9.17, 15) is 5.11 Å². The Hall–Kier alpha value is -1.61. The quantitative estimate of drug-likeness (QED) is 0.851. The topological polar surface area (TPSA) is 38.0 Å². The summed E-state index contributed by atoms with van der Waals surface area (Å²) in [4.78, 5) is 0. The van der Waals surface area contributed by atoms with Gasteiger partial charge in [0.05, 0.1) is 11.8 Å². The van der Waals surface area contributed by atoms with E-state index in [1.807, 2.05) is 54.2 Å². The lowest BCUT2D eigenvalue weighted by Gasteiger charge is -2.10. The molecule has 0 aliphatic carbocycles. The van der Waals surface area contributed by atoms with Gasteiger partial charge in [0, 0.05) is 12.7 Å². The summed E-state index contributed by atoms with van der Waals surface area (Å²) in [7, 11) is 0. The van der Waals surface area contributed by atoms with E-state index in [2.05, 4.69) is 5.10 Å². The second kappa shape index (κ2) is 4.94. The summed E-state index contributed by atoms with van der Waals surface area (Å²) in [5.41, 5.74) is 1.97. The molecule has 1 unspecified atom stereocenters. The van der Waals surface area contributed by atoms with E-state index in [1.54, 1.807) is 0 Å². The van der Waals surface area contributed by atoms with Crippen molar-refractivity contribution in [2.24, 2.45) is 0 Å². The van der Waals surface area contributed by atoms with E-state index in [-0.39, 0.29) is 0 Å². The molecule has 0 bridgehead atoms. The second-order valence-corrected chi connectivity index (χ2v) is 3.94. The molecular formula is C13H16N2O. The number of aliphatic hydroxyl groups excluding tert-OH is 1. The van der Waals surface area contributed by atoms with Crippen molar-refractivity contribution in [1.29, 1.82) is 0 Å². The summed E-state index contributed by atoms with van der Waals surface area (Å²) in [6, 6.07) is 11.7. The minimum atomic E-state index is -0.411. The standard InChI is InChI=1S/C13H16N2O/c1-11-7-9-15(14-11)10-8-13(16)12-5-3-2-4-6-12/h2-7,9,13,16H,8,10H2,1H3. The molecule has 1 heterocycles. The number of hydrogen-bond donors (Lipinski definition) is 1. The zero-order chi connectivity index (χ0) is 11.4. The van der Waals surface area contributed by atoms with Crippen molar-refractivity contribution < 1.29 is 5.11 Å². The van der Waals surface area contributed by atoms with Crippen LogP contribution in [0.4, 0.5) is 0 Å². The fraction of sp³-hybridized carbons (Fsp3) is 0.308. The third-order valence-corrected chi connectivity index (χ3v) is 2.59. The van der Waals surface area contributed by atoms with Crippen molar-refractivity contribution in [3.63, 3.8) is 0 Å². The van der Waals surface area contributed by atoms with Crippen LogP contribution in [0.1, 0.15) is 23.8 Å². The van der Waals surface area contributed by atoms with E-state index in [0.717, 1.165) is 17.8 Å². The number of nitrogens with zero attached hydrogens (tertiary/aromatic N) is 2. The van der Waals surface area contributed by atoms with Crippen LogP contribution in [0.5, 0.6) is 0 Å². The van der Waals surface area contributed by atoms with Crippen LogP contribution < -0.4 is 0 Å². The predicted octanol–water partition coefficient (Wildman–Crippen LogP) is 2.32. The molecular weight excluding hydrogens is 200 g/mol. The maximum atomic E-state index is 9.95. The normalized spacial score (nSPS) is 12.6. The zero-order valence-electron chi connectivity index (χ0n) is 9.37. The lowest BCUT2D eigenvalue weighted by Crippen LogP contribution is -2.05. The summed E-state index contributed by atoms with van der Waals surface area (Å²) < 4.78 is 1.86. The molecule has 3 nitrogen and oxygen atoms in total. The van der Waals surface area contributed by atoms with E-state index in [1.165, 1.54) is 0 Å². The molecule has 0 radical (unpaired) electrons. The van der Waals surface area contributed by atoms with Crippen LogP contribution in [0, 0.1) is 6.92 Å². The van der Waals surface area contributed by atoms with Crippen molar-refractivity contribution in [2.45, 2.75) is 26.0 Å². The molecule has 1 aromatic heterocycles. The van der Waals surface area contributed by atoms with Crippen molar-refractivity contribution in [1.82, 2.24) is 9.78 Å². The molecule has 0 saturated carbocycles. The first kappa shape index (κ1) is 10.9. The number of hydrogen-bond acceptors (Lipinski definition) is 2. The Bertz CT molecular complexity index is 436. The summed E-state index contributed by atoms with van der Waals surface area (Å²) in [5, 5.41) is 14.2. The fourth-order valence-corrected chi connectivity index (χ4v) is 1.68. The number of rotatable bonds is 4. The van der Waals surface area contributed by atoms with Crippen molar-refractivity contribution in [3.05, 3.63) is 53.9 Å². The molecule has 0 aliphatic heterocycles. The number of benzene rings is 1. The minimum Gasteiger partial charge on any atom is -0.388 e. The highest BCUT2D eigenvalue weighted by Crippen LogP contribution is 2.16. The lowest BCUT2D eigenvalue weighted by atomic mass is 10.1. The highest BCUT2D eigenvalue weighted by molar-refractivity contribution is 5.17. The maximum Gasteiger partial charge on any atom is 0.0807 e. The molecule has 2 rings (SSSR count). The Morgan fingerprint density at radius 2 is 2.00 bits per heavy atom. The molecule has 2 aromatic rings. The van der Waals surface area contributed by atoms with E-state index < -0.39 is 6.10 Å². The van der Waals surface area contributed by atoms with Gasteiger partial charge in [-0.25, -0.2) is 0 Å². The molecule has 0 aliphatic rings. The van der Waals surface area contributed by atoms with Crippen LogP contribution in [-0.4, -0.2) is 14.9 Å². The Balaban J connectivity index is 1.91. The summed E-state index contributed by atoms with van der Waals surface area (Å²) in [6.07, 6.45) is 2.21. The minimum absolute atomic E-state index is 0.411. The summed E-state index contributed by atoms with van der Waals surface area (Å²) in [5.74, 6) is 0. The second-order valence-electron chi connectivity index (χ2n) is 3.94. The van der Waals surface area contributed by atoms with Gasteiger partial charge in [0.25, 0.3) is 0 Å². The Labute approximate surface area is 95.3 Å². The van der Waals surface area contributed by atoms with Crippen molar-refractivity contribution in [3.8, 4) is 0 Å². The average molecular weight is 216 g/mol. The Morgan fingerprint density at radius 1 is 1.25 bits per heavy atom. The molecule has 3 heteroatoms. The summed E-state index contributed by atoms with van der Waals surface area (Å²) >= 11 is 0. The Kier molecular flexibility index (Phi) is 3.37. The van der Waals surface area contributed by atoms with Gasteiger partial charge in [-0.1, -0.05) is 30.3 Å². The molecule has 1 aromatic carbocycles. The predicted molar refractivity (Wildman–Crippen MR) is 63.0 cm³/mol. The third-order valence-electron chi connectivity index (χ3n) is 2.59. The number of aliphatic hydroxyl groups is 1. The fourth-order valence-electron chi connectivity index (χ4n) is 1.68. The molecule has 0 fully saturated rings. The highest BCUT2D eigenvalue weighted by Gasteiger charge is 2.06. The van der Waals surface area contributed by atoms with Gasteiger partial charge < -0.3 is 5.11 Å². The first-order valence-corrected chi connectivity index (χ1v) is 5.49. The first-order chi connectivity index (χ1) is 7.75. The van der Waals surface area contributed by atoms with Gasteiger partial charge in [0.2, 0.25) is 0 Å². The van der Waals surface area contributed by atoms with Gasteiger partial charge in [-0.2, -0.15) is 5.10 Å². The van der Waals surface area contributed by atoms with Crippen molar-refractivity contribution >= 4 is 0 Å². The molecule has 0 saturated heterocycles.